The lowest BCUT2D eigenvalue weighted by molar-refractivity contribution is 0.0331. The molecule has 2 atom stereocenters. The van der Waals surface area contributed by atoms with Gasteiger partial charge in [0.05, 0.1) is 7.11 Å². The van der Waals surface area contributed by atoms with Crippen LogP contribution in [0.25, 0.3) is 0 Å². The smallest absolute Gasteiger partial charge is 0.124 e. The molecule has 1 aliphatic carbocycles. The van der Waals surface area contributed by atoms with Crippen LogP contribution in [0.2, 0.25) is 0 Å². The average molecular weight is 249 g/mol. The number of hydrogen-bond donors (Lipinski definition) is 1. The molecule has 0 radical (unpaired) electrons. The SMILES string of the molecule is COc1ccccc1C(OCCC1CC1)C(C)N. The molecule has 100 valence electrons. The van der Waals surface area contributed by atoms with Crippen molar-refractivity contribution in [3.63, 3.8) is 0 Å². The summed E-state index contributed by atoms with van der Waals surface area (Å²) in [6.07, 6.45) is 3.79. The molecule has 0 aromatic heterocycles. The van der Waals surface area contributed by atoms with E-state index in [2.05, 4.69) is 0 Å². The summed E-state index contributed by atoms with van der Waals surface area (Å²) in [4.78, 5) is 0. The number of ether oxygens (including phenoxy) is 2. The summed E-state index contributed by atoms with van der Waals surface area (Å²) in [5.74, 6) is 1.74. The number of hydrogen-bond acceptors (Lipinski definition) is 3. The van der Waals surface area contributed by atoms with Gasteiger partial charge in [0.25, 0.3) is 0 Å². The molecule has 18 heavy (non-hydrogen) atoms. The highest BCUT2D eigenvalue weighted by Crippen LogP contribution is 2.34. The lowest BCUT2D eigenvalue weighted by Crippen LogP contribution is -2.27. The summed E-state index contributed by atoms with van der Waals surface area (Å²) >= 11 is 0. The summed E-state index contributed by atoms with van der Waals surface area (Å²) in [5, 5.41) is 0. The Kier molecular flexibility index (Phi) is 4.61. The van der Waals surface area contributed by atoms with Crippen molar-refractivity contribution < 1.29 is 9.47 Å². The van der Waals surface area contributed by atoms with Gasteiger partial charge in [-0.25, -0.2) is 0 Å². The molecule has 2 N–H and O–H groups in total. The van der Waals surface area contributed by atoms with Crippen LogP contribution in [0.15, 0.2) is 24.3 Å². The maximum absolute atomic E-state index is 6.04. The van der Waals surface area contributed by atoms with Crippen LogP contribution < -0.4 is 10.5 Å². The van der Waals surface area contributed by atoms with Crippen molar-refractivity contribution in [3.8, 4) is 5.75 Å². The van der Waals surface area contributed by atoms with Gasteiger partial charge < -0.3 is 15.2 Å². The molecule has 0 heterocycles. The molecule has 2 rings (SSSR count). The average Bonchev–Trinajstić information content (AvgIpc) is 3.18. The molecule has 1 fully saturated rings. The zero-order valence-electron chi connectivity index (χ0n) is 11.3. The van der Waals surface area contributed by atoms with E-state index in [1.165, 1.54) is 12.8 Å². The molecular formula is C15H23NO2. The Bertz CT molecular complexity index is 375. The first-order valence-electron chi connectivity index (χ1n) is 6.72. The van der Waals surface area contributed by atoms with E-state index in [9.17, 15) is 0 Å². The van der Waals surface area contributed by atoms with E-state index >= 15 is 0 Å². The standard InChI is InChI=1S/C15H23NO2/c1-11(16)15(18-10-9-12-7-8-12)13-5-3-4-6-14(13)17-2/h3-6,11-12,15H,7-10,16H2,1-2H3. The summed E-state index contributed by atoms with van der Waals surface area (Å²) in [6, 6.07) is 7.90. The molecule has 0 amide bonds. The normalized spacial score (nSPS) is 18.4. The number of benzene rings is 1. The van der Waals surface area contributed by atoms with Crippen LogP contribution in [0.4, 0.5) is 0 Å². The number of para-hydroxylation sites is 1. The fraction of sp³-hybridized carbons (Fsp3) is 0.600. The summed E-state index contributed by atoms with van der Waals surface area (Å²) < 4.78 is 11.4. The van der Waals surface area contributed by atoms with Crippen molar-refractivity contribution in [2.45, 2.75) is 38.3 Å². The van der Waals surface area contributed by atoms with Gasteiger partial charge in [0.2, 0.25) is 0 Å². The number of methoxy groups -OCH3 is 1. The van der Waals surface area contributed by atoms with E-state index in [1.54, 1.807) is 7.11 Å². The number of rotatable bonds is 7. The number of nitrogens with two attached hydrogens (primary N) is 1. The third-order valence-electron chi connectivity index (χ3n) is 3.44. The van der Waals surface area contributed by atoms with Gasteiger partial charge >= 0.3 is 0 Å². The van der Waals surface area contributed by atoms with Crippen LogP contribution in [0.1, 0.15) is 37.9 Å². The Morgan fingerprint density at radius 3 is 2.67 bits per heavy atom. The highest BCUT2D eigenvalue weighted by molar-refractivity contribution is 5.35. The Labute approximate surface area is 109 Å². The minimum absolute atomic E-state index is 0.0412. The van der Waals surface area contributed by atoms with E-state index in [4.69, 9.17) is 15.2 Å². The molecular weight excluding hydrogens is 226 g/mol. The van der Waals surface area contributed by atoms with Crippen molar-refractivity contribution in [2.24, 2.45) is 11.7 Å². The second-order valence-electron chi connectivity index (χ2n) is 5.12. The van der Waals surface area contributed by atoms with E-state index in [-0.39, 0.29) is 12.1 Å². The summed E-state index contributed by atoms with van der Waals surface area (Å²) in [5.41, 5.74) is 7.09. The molecule has 3 nitrogen and oxygen atoms in total. The van der Waals surface area contributed by atoms with Crippen LogP contribution in [-0.4, -0.2) is 19.8 Å². The summed E-state index contributed by atoms with van der Waals surface area (Å²) in [6.45, 7) is 2.77. The zero-order valence-corrected chi connectivity index (χ0v) is 11.3. The summed E-state index contributed by atoms with van der Waals surface area (Å²) in [7, 11) is 1.68. The molecule has 0 spiro atoms. The van der Waals surface area contributed by atoms with Gasteiger partial charge in [-0.2, -0.15) is 0 Å². The van der Waals surface area contributed by atoms with Gasteiger partial charge in [0.15, 0.2) is 0 Å². The van der Waals surface area contributed by atoms with Crippen LogP contribution in [0.3, 0.4) is 0 Å². The molecule has 1 aromatic carbocycles. The second kappa shape index (κ2) is 6.21. The van der Waals surface area contributed by atoms with Gasteiger partial charge in [0, 0.05) is 18.2 Å². The minimum Gasteiger partial charge on any atom is -0.496 e. The fourth-order valence-electron chi connectivity index (χ4n) is 2.19. The Balaban J connectivity index is 2.02. The molecule has 3 heteroatoms. The first-order chi connectivity index (χ1) is 8.72. The first-order valence-corrected chi connectivity index (χ1v) is 6.72. The van der Waals surface area contributed by atoms with Crippen LogP contribution >= 0.6 is 0 Å². The molecule has 1 aromatic rings. The van der Waals surface area contributed by atoms with Crippen molar-refractivity contribution in [1.82, 2.24) is 0 Å². The highest BCUT2D eigenvalue weighted by atomic mass is 16.5. The quantitative estimate of drug-likeness (QED) is 0.808. The van der Waals surface area contributed by atoms with Gasteiger partial charge in [-0.05, 0) is 25.3 Å². The largest absolute Gasteiger partial charge is 0.496 e. The fourth-order valence-corrected chi connectivity index (χ4v) is 2.19. The van der Waals surface area contributed by atoms with Gasteiger partial charge in [-0.3, -0.25) is 0 Å². The van der Waals surface area contributed by atoms with Gasteiger partial charge in [-0.15, -0.1) is 0 Å². The zero-order chi connectivity index (χ0) is 13.0. The predicted octanol–water partition coefficient (Wildman–Crippen LogP) is 2.90. The van der Waals surface area contributed by atoms with Crippen molar-refractivity contribution in [2.75, 3.05) is 13.7 Å². The topological polar surface area (TPSA) is 44.5 Å². The monoisotopic (exact) mass is 249 g/mol. The maximum Gasteiger partial charge on any atom is 0.124 e. The molecule has 0 bridgehead atoms. The molecule has 1 saturated carbocycles. The molecule has 0 aliphatic heterocycles. The van der Waals surface area contributed by atoms with Crippen LogP contribution in [-0.2, 0) is 4.74 Å². The predicted molar refractivity (Wildman–Crippen MR) is 72.7 cm³/mol. The first kappa shape index (κ1) is 13.4. The molecule has 0 saturated heterocycles. The maximum atomic E-state index is 6.04. The Morgan fingerprint density at radius 2 is 2.06 bits per heavy atom. The molecule has 2 unspecified atom stereocenters. The van der Waals surface area contributed by atoms with E-state index in [0.29, 0.717) is 0 Å². The lowest BCUT2D eigenvalue weighted by atomic mass is 10.0. The van der Waals surface area contributed by atoms with E-state index in [1.807, 2.05) is 31.2 Å². The van der Waals surface area contributed by atoms with Crippen LogP contribution in [0, 0.1) is 5.92 Å². The lowest BCUT2D eigenvalue weighted by Gasteiger charge is -2.23. The Hall–Kier alpha value is -1.06. The van der Waals surface area contributed by atoms with E-state index in [0.717, 1.165) is 30.3 Å². The third-order valence-corrected chi connectivity index (χ3v) is 3.44. The van der Waals surface area contributed by atoms with Crippen molar-refractivity contribution in [3.05, 3.63) is 29.8 Å². The van der Waals surface area contributed by atoms with Crippen LogP contribution in [0.5, 0.6) is 5.75 Å². The van der Waals surface area contributed by atoms with Gasteiger partial charge in [0.1, 0.15) is 11.9 Å². The third kappa shape index (κ3) is 3.47. The minimum atomic E-state index is -0.0834. The second-order valence-corrected chi connectivity index (χ2v) is 5.12. The Morgan fingerprint density at radius 1 is 1.33 bits per heavy atom. The van der Waals surface area contributed by atoms with Crippen molar-refractivity contribution in [1.29, 1.82) is 0 Å². The van der Waals surface area contributed by atoms with Gasteiger partial charge in [-0.1, -0.05) is 31.0 Å². The highest BCUT2D eigenvalue weighted by Gasteiger charge is 2.24. The van der Waals surface area contributed by atoms with Crippen molar-refractivity contribution >= 4 is 0 Å². The molecule has 1 aliphatic rings. The van der Waals surface area contributed by atoms with E-state index < -0.39 is 0 Å².